The van der Waals surface area contributed by atoms with Crippen LogP contribution in [-0.4, -0.2) is 19.9 Å². The predicted octanol–water partition coefficient (Wildman–Crippen LogP) is 25.3. The molecular weight excluding hydrogens is 1210 g/mol. The molecule has 482 valence electrons. The van der Waals surface area contributed by atoms with E-state index >= 15 is 0 Å². The molecule has 4 heteroatoms. The first-order chi connectivity index (χ1) is 48.5. The number of nitrogens with one attached hydrogen (secondary N) is 2. The van der Waals surface area contributed by atoms with Crippen molar-refractivity contribution in [2.24, 2.45) is 0 Å². The Morgan fingerprint density at radius 1 is 0.190 bits per heavy atom. The zero-order chi connectivity index (χ0) is 68.1. The molecule has 5 heterocycles. The number of hydrogen-bond donors (Lipinski definition) is 2. The zero-order valence-electron chi connectivity index (χ0n) is 57.9. The maximum Gasteiger partial charge on any atom is 0.0737 e. The van der Waals surface area contributed by atoms with Gasteiger partial charge in [0.2, 0.25) is 0 Å². The summed E-state index contributed by atoms with van der Waals surface area (Å²) in [6.45, 7) is 18.5. The van der Waals surface area contributed by atoms with Crippen molar-refractivity contribution in [2.45, 2.75) is 77.0 Å². The van der Waals surface area contributed by atoms with Crippen molar-refractivity contribution in [3.8, 4) is 89.5 Å². The molecule has 0 aliphatic carbocycles. The van der Waals surface area contributed by atoms with Gasteiger partial charge in [-0.2, -0.15) is 0 Å². The van der Waals surface area contributed by atoms with E-state index in [0.29, 0.717) is 0 Å². The van der Waals surface area contributed by atoms with Gasteiger partial charge < -0.3 is 9.97 Å². The Morgan fingerprint density at radius 2 is 0.410 bits per heavy atom. The number of aromatic amines is 2. The lowest BCUT2D eigenvalue weighted by molar-refractivity contribution is 0.641. The topological polar surface area (TPSA) is 57.4 Å². The lowest BCUT2D eigenvalue weighted by atomic mass is 9.78. The second-order valence-electron chi connectivity index (χ2n) is 29.6. The molecule has 8 bridgehead atoms. The minimum absolute atomic E-state index is 0.163. The molecule has 12 aromatic carbocycles. The second kappa shape index (κ2) is 24.1. The lowest BCUT2D eigenvalue weighted by Gasteiger charge is -2.26. The van der Waals surface area contributed by atoms with Crippen LogP contribution >= 0.6 is 0 Å². The average molecular weight is 1290 g/mol. The maximum atomic E-state index is 5.71. The van der Waals surface area contributed by atoms with Gasteiger partial charge in [0.1, 0.15) is 0 Å². The summed E-state index contributed by atoms with van der Waals surface area (Å²) in [7, 11) is 0. The molecule has 2 N–H and O–H groups in total. The molecule has 0 atom stereocenters. The van der Waals surface area contributed by atoms with E-state index in [1.54, 1.807) is 0 Å². The largest absolute Gasteiger partial charge is 0.354 e. The summed E-state index contributed by atoms with van der Waals surface area (Å²) in [4.78, 5) is 19.5. The SMILES string of the molecule is CC(C)(c1ccccc1)c1ccc(-c2ccc3c(c2)-c2cc4[nH]c(cc5nc(cc6[nH]c(cc-3n2)c2cc(-c3ccc(C(C)(C)c7ccccc7)cc3)ccc62)-c2cc(-c3ccc(C(C)(C)c6ccccc6)cc3)ccc2-5)c2cc(-c3ccc(C(C)(C)c5ccccc5)cc3)ccc42)cc1. The number of rotatable bonds is 12. The third-order valence-electron chi connectivity index (χ3n) is 22.2. The van der Waals surface area contributed by atoms with Gasteiger partial charge in [0.05, 0.1) is 22.8 Å². The maximum absolute atomic E-state index is 5.71. The molecule has 4 nitrogen and oxygen atoms in total. The molecule has 2 aliphatic heterocycles. The van der Waals surface area contributed by atoms with Gasteiger partial charge in [-0.1, -0.05) is 322 Å². The summed E-state index contributed by atoms with van der Waals surface area (Å²) < 4.78 is 0. The number of H-pyrrole nitrogens is 2. The average Bonchev–Trinajstić information content (AvgIpc) is 1.59. The number of aromatic nitrogens is 4. The molecular formula is C96H78N4. The standard InChI is InChI=1S/C96H78N4/c1-93(2,69-21-13-9-14-22-69)73-41-29-61(30-42-73)65-37-49-77-81(53-65)89-57-86-78-50-38-66(62-31-43-74(44-32-62)94(3,4)70-23-15-10-16-24-70)54-82(78)91(98-86)59-88-80-52-40-68(64-35-47-76(48-36-64)96(7,8)72-27-19-12-20-28-72)56-84(80)92(100-88)60-87-79-51-39-67(55-83(79)90(99-87)58-85(77)97-89)63-33-45-75(46-34-63)95(5,6)71-25-17-11-18-26-71/h9-60,97,100H,1-8H3. The number of benzene rings is 12. The normalized spacial score (nSPS) is 12.4. The summed E-state index contributed by atoms with van der Waals surface area (Å²) in [5.74, 6) is 0. The van der Waals surface area contributed by atoms with Gasteiger partial charge in [0.15, 0.2) is 0 Å². The van der Waals surface area contributed by atoms with Crippen molar-refractivity contribution in [3.05, 3.63) is 360 Å². The second-order valence-corrected chi connectivity index (χ2v) is 29.6. The van der Waals surface area contributed by atoms with Gasteiger partial charge in [-0.15, -0.1) is 0 Å². The van der Waals surface area contributed by atoms with Gasteiger partial charge in [-0.05, 0) is 138 Å². The smallest absolute Gasteiger partial charge is 0.0737 e. The predicted molar refractivity (Wildman–Crippen MR) is 421 cm³/mol. The van der Waals surface area contributed by atoms with E-state index in [0.717, 1.165) is 133 Å². The van der Waals surface area contributed by atoms with Crippen molar-refractivity contribution in [1.82, 2.24) is 19.9 Å². The van der Waals surface area contributed by atoms with E-state index in [9.17, 15) is 0 Å². The van der Waals surface area contributed by atoms with Gasteiger partial charge in [0.25, 0.3) is 0 Å². The fourth-order valence-corrected chi connectivity index (χ4v) is 15.6. The third-order valence-corrected chi connectivity index (χ3v) is 22.2. The molecule has 17 rings (SSSR count). The highest BCUT2D eigenvalue weighted by Crippen LogP contribution is 2.46. The molecule has 0 spiro atoms. The van der Waals surface area contributed by atoms with Crippen LogP contribution in [-0.2, 0) is 21.7 Å². The van der Waals surface area contributed by atoms with Crippen LogP contribution in [0.5, 0.6) is 0 Å². The number of hydrogen-bond acceptors (Lipinski definition) is 2. The molecule has 2 aliphatic rings. The summed E-state index contributed by atoms with van der Waals surface area (Å²) in [5, 5.41) is 4.40. The lowest BCUT2D eigenvalue weighted by Crippen LogP contribution is -2.18. The van der Waals surface area contributed by atoms with Gasteiger partial charge >= 0.3 is 0 Å². The number of fused-ring (bicyclic) bond motifs is 20. The molecule has 0 radical (unpaired) electrons. The van der Waals surface area contributed by atoms with E-state index in [2.05, 4.69) is 381 Å². The minimum Gasteiger partial charge on any atom is -0.354 e. The van der Waals surface area contributed by atoms with Crippen molar-refractivity contribution < 1.29 is 0 Å². The van der Waals surface area contributed by atoms with Crippen LogP contribution in [0.3, 0.4) is 0 Å². The fourth-order valence-electron chi connectivity index (χ4n) is 15.6. The highest BCUT2D eigenvalue weighted by Gasteiger charge is 2.28. The molecule has 3 aromatic heterocycles. The van der Waals surface area contributed by atoms with Gasteiger partial charge in [0, 0.05) is 87.5 Å². The van der Waals surface area contributed by atoms with Crippen molar-refractivity contribution in [1.29, 1.82) is 0 Å². The molecule has 15 aromatic rings. The zero-order valence-corrected chi connectivity index (χ0v) is 57.9. The summed E-state index contributed by atoms with van der Waals surface area (Å²) in [6.07, 6.45) is 0. The molecule has 0 saturated heterocycles. The van der Waals surface area contributed by atoms with Crippen LogP contribution in [0.2, 0.25) is 0 Å². The fraction of sp³-hybridized carbons (Fsp3) is 0.125. The Labute approximate surface area is 586 Å². The van der Waals surface area contributed by atoms with E-state index in [-0.39, 0.29) is 21.7 Å². The Balaban J connectivity index is 0.868. The highest BCUT2D eigenvalue weighted by molar-refractivity contribution is 6.12. The summed E-state index contributed by atoms with van der Waals surface area (Å²) >= 11 is 0. The Morgan fingerprint density at radius 3 is 0.690 bits per heavy atom. The van der Waals surface area contributed by atoms with E-state index in [1.807, 2.05) is 0 Å². The van der Waals surface area contributed by atoms with Crippen LogP contribution in [0.15, 0.2) is 315 Å². The summed E-state index contributed by atoms with van der Waals surface area (Å²) in [5.41, 5.74) is 30.5. The van der Waals surface area contributed by atoms with E-state index in [1.165, 1.54) is 44.5 Å². The van der Waals surface area contributed by atoms with Gasteiger partial charge in [-0.3, -0.25) is 0 Å². The van der Waals surface area contributed by atoms with Crippen molar-refractivity contribution in [3.63, 3.8) is 0 Å². The molecule has 0 unspecified atom stereocenters. The van der Waals surface area contributed by atoms with Crippen LogP contribution in [0.25, 0.3) is 133 Å². The van der Waals surface area contributed by atoms with Gasteiger partial charge in [-0.25, -0.2) is 9.97 Å². The molecule has 0 saturated carbocycles. The van der Waals surface area contributed by atoms with E-state index in [4.69, 9.17) is 9.97 Å². The summed E-state index contributed by atoms with van der Waals surface area (Å²) in [6, 6.07) is 117. The van der Waals surface area contributed by atoms with Crippen molar-refractivity contribution in [2.75, 3.05) is 0 Å². The van der Waals surface area contributed by atoms with Crippen LogP contribution in [0.4, 0.5) is 0 Å². The highest BCUT2D eigenvalue weighted by atomic mass is 14.8. The van der Waals surface area contributed by atoms with E-state index < -0.39 is 0 Å². The first-order valence-corrected chi connectivity index (χ1v) is 35.1. The molecule has 100 heavy (non-hydrogen) atoms. The Kier molecular flexibility index (Phi) is 14.9. The van der Waals surface area contributed by atoms with Crippen molar-refractivity contribution >= 4 is 43.6 Å². The first kappa shape index (κ1) is 61.8. The number of nitrogens with zero attached hydrogens (tertiary/aromatic N) is 2. The van der Waals surface area contributed by atoms with Crippen LogP contribution < -0.4 is 0 Å². The third kappa shape index (κ3) is 10.9. The monoisotopic (exact) mass is 1290 g/mol. The Hall–Kier alpha value is -11.7. The van der Waals surface area contributed by atoms with Crippen LogP contribution in [0, 0.1) is 0 Å². The quantitative estimate of drug-likeness (QED) is 0.128. The first-order valence-electron chi connectivity index (χ1n) is 35.1. The molecule has 0 amide bonds. The molecule has 0 fully saturated rings. The Bertz CT molecular complexity index is 5450. The van der Waals surface area contributed by atoms with Crippen LogP contribution in [0.1, 0.15) is 99.9 Å². The minimum atomic E-state index is -0.164.